The van der Waals surface area contributed by atoms with Crippen molar-refractivity contribution in [3.63, 3.8) is 0 Å². The monoisotopic (exact) mass is 303 g/mol. The van der Waals surface area contributed by atoms with E-state index in [-0.39, 0.29) is 6.54 Å². The highest BCUT2D eigenvalue weighted by molar-refractivity contribution is 7.89. The minimum Gasteiger partial charge on any atom is -0.326 e. The second kappa shape index (κ2) is 6.81. The topological polar surface area (TPSA) is 75.4 Å². The Morgan fingerprint density at radius 1 is 1.37 bits per heavy atom. The first-order valence-electron chi connectivity index (χ1n) is 6.62. The van der Waals surface area contributed by atoms with Gasteiger partial charge in [0.25, 0.3) is 0 Å². The first-order chi connectivity index (χ1) is 9.13. The van der Waals surface area contributed by atoms with Crippen LogP contribution in [0, 0.1) is 0 Å². The molecule has 19 heavy (non-hydrogen) atoms. The number of thiophene rings is 1. The molecule has 1 aliphatic rings. The first-order valence-corrected chi connectivity index (χ1v) is 8.98. The largest absolute Gasteiger partial charge is 0.326 e. The van der Waals surface area contributed by atoms with Crippen molar-refractivity contribution in [2.24, 2.45) is 5.73 Å². The molecule has 0 unspecified atom stereocenters. The maximum absolute atomic E-state index is 12.1. The van der Waals surface area contributed by atoms with Gasteiger partial charge >= 0.3 is 0 Å². The number of nitrogens with zero attached hydrogens (tertiary/aromatic N) is 1. The summed E-state index contributed by atoms with van der Waals surface area (Å²) in [6, 6.07) is 1.62. The summed E-state index contributed by atoms with van der Waals surface area (Å²) in [5.74, 6) is 0. The zero-order valence-electron chi connectivity index (χ0n) is 11.0. The zero-order chi connectivity index (χ0) is 13.7. The standard InChI is InChI=1S/C12H21N3O2S2/c13-10-11-12(4-9-18-11)19(16,17)14-5-3-8-15-6-1-2-7-15/h4,9,14H,1-3,5-8,10,13H2. The predicted octanol–water partition coefficient (Wildman–Crippen LogP) is 0.971. The molecule has 7 heteroatoms. The highest BCUT2D eigenvalue weighted by Crippen LogP contribution is 2.20. The molecule has 0 bridgehead atoms. The van der Waals surface area contributed by atoms with E-state index < -0.39 is 10.0 Å². The molecular weight excluding hydrogens is 282 g/mol. The average molecular weight is 303 g/mol. The van der Waals surface area contributed by atoms with Crippen LogP contribution in [0.25, 0.3) is 0 Å². The fourth-order valence-electron chi connectivity index (χ4n) is 2.31. The number of rotatable bonds is 7. The molecule has 0 spiro atoms. The van der Waals surface area contributed by atoms with E-state index in [1.165, 1.54) is 24.2 Å². The molecule has 0 radical (unpaired) electrons. The Bertz CT molecular complexity index is 493. The van der Waals surface area contributed by atoms with E-state index >= 15 is 0 Å². The molecule has 1 aromatic rings. The summed E-state index contributed by atoms with van der Waals surface area (Å²) in [5.41, 5.74) is 5.54. The lowest BCUT2D eigenvalue weighted by atomic mass is 10.4. The fraction of sp³-hybridized carbons (Fsp3) is 0.667. The third kappa shape index (κ3) is 4.00. The zero-order valence-corrected chi connectivity index (χ0v) is 12.6. The van der Waals surface area contributed by atoms with Crippen molar-refractivity contribution >= 4 is 21.4 Å². The molecule has 0 saturated carbocycles. The van der Waals surface area contributed by atoms with Crippen LogP contribution in [0.4, 0.5) is 0 Å². The van der Waals surface area contributed by atoms with Gasteiger partial charge in [-0.25, -0.2) is 13.1 Å². The molecule has 3 N–H and O–H groups in total. The van der Waals surface area contributed by atoms with Gasteiger partial charge in [-0.2, -0.15) is 0 Å². The molecule has 108 valence electrons. The number of likely N-dealkylation sites (tertiary alicyclic amines) is 1. The van der Waals surface area contributed by atoms with E-state index in [1.54, 1.807) is 11.4 Å². The smallest absolute Gasteiger partial charge is 0.241 e. The van der Waals surface area contributed by atoms with Crippen molar-refractivity contribution in [3.05, 3.63) is 16.3 Å². The maximum atomic E-state index is 12.1. The highest BCUT2D eigenvalue weighted by Gasteiger charge is 2.18. The SMILES string of the molecule is NCc1sccc1S(=O)(=O)NCCCN1CCCC1. The van der Waals surface area contributed by atoms with Crippen LogP contribution >= 0.6 is 11.3 Å². The normalized spacial score (nSPS) is 17.1. The number of nitrogens with one attached hydrogen (secondary N) is 1. The van der Waals surface area contributed by atoms with E-state index in [9.17, 15) is 8.42 Å². The van der Waals surface area contributed by atoms with Crippen molar-refractivity contribution in [2.45, 2.75) is 30.7 Å². The van der Waals surface area contributed by atoms with Gasteiger partial charge in [-0.1, -0.05) is 0 Å². The Labute approximate surface area is 118 Å². The molecule has 0 amide bonds. The van der Waals surface area contributed by atoms with E-state index in [2.05, 4.69) is 9.62 Å². The third-order valence-electron chi connectivity index (χ3n) is 3.32. The van der Waals surface area contributed by atoms with Gasteiger partial charge in [0.15, 0.2) is 0 Å². The molecule has 0 aromatic carbocycles. The van der Waals surface area contributed by atoms with Crippen molar-refractivity contribution in [1.29, 1.82) is 0 Å². The first kappa shape index (κ1) is 14.9. The van der Waals surface area contributed by atoms with Crippen LogP contribution in [0.5, 0.6) is 0 Å². The van der Waals surface area contributed by atoms with Gasteiger partial charge in [0, 0.05) is 18.0 Å². The molecule has 2 rings (SSSR count). The summed E-state index contributed by atoms with van der Waals surface area (Å²) < 4.78 is 26.8. The van der Waals surface area contributed by atoms with E-state index in [4.69, 9.17) is 5.73 Å². The molecule has 1 fully saturated rings. The summed E-state index contributed by atoms with van der Waals surface area (Å²) >= 11 is 1.38. The van der Waals surface area contributed by atoms with Gasteiger partial charge in [0.2, 0.25) is 10.0 Å². The molecule has 0 aliphatic carbocycles. The Morgan fingerprint density at radius 3 is 2.79 bits per heavy atom. The predicted molar refractivity (Wildman–Crippen MR) is 77.7 cm³/mol. The second-order valence-corrected chi connectivity index (χ2v) is 7.45. The lowest BCUT2D eigenvalue weighted by molar-refractivity contribution is 0.334. The van der Waals surface area contributed by atoms with Crippen molar-refractivity contribution in [3.8, 4) is 0 Å². The second-order valence-electron chi connectivity index (χ2n) is 4.71. The molecule has 1 saturated heterocycles. The number of hydrogen-bond donors (Lipinski definition) is 2. The maximum Gasteiger partial charge on any atom is 0.241 e. The van der Waals surface area contributed by atoms with Crippen molar-refractivity contribution in [1.82, 2.24) is 9.62 Å². The van der Waals surface area contributed by atoms with Crippen LogP contribution in [0.2, 0.25) is 0 Å². The summed E-state index contributed by atoms with van der Waals surface area (Å²) in [7, 11) is -3.39. The van der Waals surface area contributed by atoms with Crippen LogP contribution in [-0.2, 0) is 16.6 Å². The van der Waals surface area contributed by atoms with Crippen molar-refractivity contribution < 1.29 is 8.42 Å². The summed E-state index contributed by atoms with van der Waals surface area (Å²) in [6.45, 7) is 4.01. The number of hydrogen-bond acceptors (Lipinski definition) is 5. The van der Waals surface area contributed by atoms with Crippen LogP contribution in [0.15, 0.2) is 16.3 Å². The molecule has 0 atom stereocenters. The van der Waals surface area contributed by atoms with Gasteiger partial charge in [0.1, 0.15) is 0 Å². The minimum absolute atomic E-state index is 0.266. The number of sulfonamides is 1. The third-order valence-corrected chi connectivity index (χ3v) is 5.94. The lowest BCUT2D eigenvalue weighted by Crippen LogP contribution is -2.29. The van der Waals surface area contributed by atoms with Crippen LogP contribution in [-0.4, -0.2) is 39.5 Å². The Balaban J connectivity index is 1.81. The van der Waals surface area contributed by atoms with Crippen molar-refractivity contribution in [2.75, 3.05) is 26.2 Å². The number of nitrogens with two attached hydrogens (primary N) is 1. The van der Waals surface area contributed by atoms with Crippen LogP contribution < -0.4 is 10.5 Å². The van der Waals surface area contributed by atoms with E-state index in [0.29, 0.717) is 16.3 Å². The van der Waals surface area contributed by atoms with Gasteiger partial charge in [-0.15, -0.1) is 11.3 Å². The Morgan fingerprint density at radius 2 is 2.11 bits per heavy atom. The average Bonchev–Trinajstić information content (AvgIpc) is 3.05. The lowest BCUT2D eigenvalue weighted by Gasteiger charge is -2.14. The molecule has 2 heterocycles. The quantitative estimate of drug-likeness (QED) is 0.736. The van der Waals surface area contributed by atoms with Gasteiger partial charge in [0.05, 0.1) is 4.90 Å². The van der Waals surface area contributed by atoms with Crippen LogP contribution in [0.3, 0.4) is 0 Å². The van der Waals surface area contributed by atoms with Gasteiger partial charge in [-0.05, 0) is 50.3 Å². The highest BCUT2D eigenvalue weighted by atomic mass is 32.2. The van der Waals surface area contributed by atoms with Crippen LogP contribution in [0.1, 0.15) is 24.1 Å². The van der Waals surface area contributed by atoms with E-state index in [0.717, 1.165) is 26.1 Å². The summed E-state index contributed by atoms with van der Waals surface area (Å²) in [6.07, 6.45) is 3.38. The van der Waals surface area contributed by atoms with Gasteiger partial charge < -0.3 is 10.6 Å². The molecule has 1 aliphatic heterocycles. The van der Waals surface area contributed by atoms with Gasteiger partial charge in [-0.3, -0.25) is 0 Å². The Kier molecular flexibility index (Phi) is 5.35. The molecule has 5 nitrogen and oxygen atoms in total. The minimum atomic E-state index is -3.39. The Hall–Kier alpha value is -0.470. The fourth-order valence-corrected chi connectivity index (χ4v) is 4.72. The summed E-state index contributed by atoms with van der Waals surface area (Å²) in [4.78, 5) is 3.43. The summed E-state index contributed by atoms with van der Waals surface area (Å²) in [5, 5.41) is 1.76. The molecular formula is C12H21N3O2S2. The molecule has 1 aromatic heterocycles. The van der Waals surface area contributed by atoms with E-state index in [1.807, 2.05) is 0 Å².